The van der Waals surface area contributed by atoms with Crippen molar-refractivity contribution in [3.63, 3.8) is 0 Å². The third kappa shape index (κ3) is 2.94. The average Bonchev–Trinajstić information content (AvgIpc) is 2.46. The zero-order chi connectivity index (χ0) is 18.3. The topological polar surface area (TPSA) is 52.6 Å². The van der Waals surface area contributed by atoms with Crippen LogP contribution in [0.15, 0.2) is 12.1 Å². The summed E-state index contributed by atoms with van der Waals surface area (Å²) in [7, 11) is 1.37. The van der Waals surface area contributed by atoms with Crippen LogP contribution >= 0.6 is 0 Å². The summed E-state index contributed by atoms with van der Waals surface area (Å²) >= 11 is 0. The predicted molar refractivity (Wildman–Crippen MR) is 87.5 cm³/mol. The number of halogens is 1. The molecule has 1 aliphatic heterocycles. The van der Waals surface area contributed by atoms with Gasteiger partial charge in [-0.25, -0.2) is 4.39 Å². The summed E-state index contributed by atoms with van der Waals surface area (Å²) in [6.07, 6.45) is 0. The van der Waals surface area contributed by atoms with Crippen molar-refractivity contribution >= 4 is 11.6 Å². The molecule has 5 heteroatoms. The molecule has 0 aromatic heterocycles. The highest BCUT2D eigenvalue weighted by atomic mass is 19.1. The lowest BCUT2D eigenvalue weighted by molar-refractivity contribution is -0.184. The summed E-state index contributed by atoms with van der Waals surface area (Å²) in [5, 5.41) is 0. The van der Waals surface area contributed by atoms with E-state index in [9.17, 15) is 14.0 Å². The van der Waals surface area contributed by atoms with E-state index in [4.69, 9.17) is 9.47 Å². The largest absolute Gasteiger partial charge is 0.496 e. The van der Waals surface area contributed by atoms with Crippen LogP contribution in [0, 0.1) is 17.7 Å². The number of benzene rings is 1. The van der Waals surface area contributed by atoms with Crippen LogP contribution in [0.25, 0.3) is 0 Å². The maximum absolute atomic E-state index is 14.8. The highest BCUT2D eigenvalue weighted by Gasteiger charge is 2.54. The molecule has 0 N–H and O–H groups in total. The normalized spacial score (nSPS) is 19.6. The Morgan fingerprint density at radius 3 is 2.12 bits per heavy atom. The van der Waals surface area contributed by atoms with Crippen molar-refractivity contribution in [3.8, 4) is 17.6 Å². The maximum Gasteiger partial charge on any atom is 0.179 e. The molecule has 1 aromatic rings. The molecule has 1 aromatic carbocycles. The Hall–Kier alpha value is -2.19. The second-order valence-corrected chi connectivity index (χ2v) is 6.73. The third-order valence-corrected chi connectivity index (χ3v) is 4.09. The Kier molecular flexibility index (Phi) is 4.56. The first kappa shape index (κ1) is 18.2. The van der Waals surface area contributed by atoms with Crippen LogP contribution in [0.4, 0.5) is 4.39 Å². The fourth-order valence-corrected chi connectivity index (χ4v) is 3.07. The van der Waals surface area contributed by atoms with Crippen LogP contribution in [0.1, 0.15) is 51.7 Å². The van der Waals surface area contributed by atoms with Gasteiger partial charge in [-0.3, -0.25) is 9.59 Å². The molecule has 4 nitrogen and oxygen atoms in total. The lowest BCUT2D eigenvalue weighted by Crippen LogP contribution is -2.58. The van der Waals surface area contributed by atoms with E-state index in [2.05, 4.69) is 11.8 Å². The summed E-state index contributed by atoms with van der Waals surface area (Å²) in [4.78, 5) is 25.6. The number of ketones is 2. The van der Waals surface area contributed by atoms with Crippen molar-refractivity contribution in [1.29, 1.82) is 0 Å². The van der Waals surface area contributed by atoms with Gasteiger partial charge in [-0.15, -0.1) is 5.92 Å². The average molecular weight is 332 g/mol. The van der Waals surface area contributed by atoms with Gasteiger partial charge < -0.3 is 9.47 Å². The minimum absolute atomic E-state index is 0.0568. The van der Waals surface area contributed by atoms with Crippen molar-refractivity contribution < 1.29 is 23.5 Å². The van der Waals surface area contributed by atoms with Gasteiger partial charge in [-0.1, -0.05) is 5.92 Å². The number of carbonyl (C=O) groups is 2. The van der Waals surface area contributed by atoms with Crippen molar-refractivity contribution in [2.24, 2.45) is 0 Å². The number of methoxy groups -OCH3 is 1. The van der Waals surface area contributed by atoms with Crippen LogP contribution in [0.5, 0.6) is 5.75 Å². The Morgan fingerprint density at radius 2 is 1.67 bits per heavy atom. The van der Waals surface area contributed by atoms with E-state index >= 15 is 0 Å². The SMILES string of the molecule is CC#Cc1cc(F)c(C2C(=O)C(C)(C)OC(C)(C)C2=O)c(OC)c1. The van der Waals surface area contributed by atoms with Gasteiger partial charge in [0.25, 0.3) is 0 Å². The molecule has 24 heavy (non-hydrogen) atoms. The molecule has 0 spiro atoms. The molecular formula is C19H21FO4. The minimum Gasteiger partial charge on any atom is -0.496 e. The summed E-state index contributed by atoms with van der Waals surface area (Å²) in [6.45, 7) is 7.96. The molecule has 0 radical (unpaired) electrons. The van der Waals surface area contributed by atoms with Crippen molar-refractivity contribution in [2.45, 2.75) is 51.7 Å². The van der Waals surface area contributed by atoms with Gasteiger partial charge in [0.15, 0.2) is 11.6 Å². The zero-order valence-electron chi connectivity index (χ0n) is 14.7. The van der Waals surface area contributed by atoms with E-state index in [1.807, 2.05) is 0 Å². The summed E-state index contributed by atoms with van der Waals surface area (Å²) in [6, 6.07) is 2.75. The highest BCUT2D eigenvalue weighted by Crippen LogP contribution is 2.42. The fourth-order valence-electron chi connectivity index (χ4n) is 3.07. The van der Waals surface area contributed by atoms with E-state index in [0.717, 1.165) is 0 Å². The van der Waals surface area contributed by atoms with Crippen LogP contribution in [0.3, 0.4) is 0 Å². The monoisotopic (exact) mass is 332 g/mol. The molecule has 0 amide bonds. The summed E-state index contributed by atoms with van der Waals surface area (Å²) < 4.78 is 25.6. The summed E-state index contributed by atoms with van der Waals surface area (Å²) in [5.74, 6) is 2.62. The molecular weight excluding hydrogens is 311 g/mol. The van der Waals surface area contributed by atoms with Crippen LogP contribution in [-0.4, -0.2) is 29.9 Å². The molecule has 0 bridgehead atoms. The second kappa shape index (κ2) is 6.03. The number of Topliss-reactive ketones (excluding diaryl/α,β-unsaturated/α-hetero) is 2. The molecule has 0 saturated carbocycles. The molecule has 2 rings (SSSR count). The summed E-state index contributed by atoms with van der Waals surface area (Å²) in [5.41, 5.74) is -2.05. The molecule has 1 fully saturated rings. The molecule has 1 aliphatic rings. The molecule has 128 valence electrons. The van der Waals surface area contributed by atoms with E-state index in [0.29, 0.717) is 5.56 Å². The Morgan fingerprint density at radius 1 is 1.12 bits per heavy atom. The van der Waals surface area contributed by atoms with Crippen molar-refractivity contribution in [1.82, 2.24) is 0 Å². The van der Waals surface area contributed by atoms with Gasteiger partial charge in [-0.2, -0.15) is 0 Å². The maximum atomic E-state index is 14.8. The van der Waals surface area contributed by atoms with Gasteiger partial charge >= 0.3 is 0 Å². The number of hydrogen-bond donors (Lipinski definition) is 0. The minimum atomic E-state index is -1.28. The molecule has 0 atom stereocenters. The van der Waals surface area contributed by atoms with Crippen LogP contribution in [0.2, 0.25) is 0 Å². The van der Waals surface area contributed by atoms with Gasteiger partial charge in [0.05, 0.1) is 7.11 Å². The van der Waals surface area contributed by atoms with Crippen molar-refractivity contribution in [3.05, 3.63) is 29.1 Å². The van der Waals surface area contributed by atoms with E-state index < -0.39 is 34.5 Å². The van der Waals surface area contributed by atoms with Gasteiger partial charge in [0.1, 0.15) is 28.7 Å². The van der Waals surface area contributed by atoms with Gasteiger partial charge in [0, 0.05) is 11.1 Å². The first-order valence-corrected chi connectivity index (χ1v) is 7.64. The second-order valence-electron chi connectivity index (χ2n) is 6.73. The van der Waals surface area contributed by atoms with Crippen molar-refractivity contribution in [2.75, 3.05) is 7.11 Å². The molecule has 0 unspecified atom stereocenters. The van der Waals surface area contributed by atoms with E-state index in [1.165, 1.54) is 19.2 Å². The van der Waals surface area contributed by atoms with Crippen LogP contribution in [-0.2, 0) is 14.3 Å². The van der Waals surface area contributed by atoms with E-state index in [1.54, 1.807) is 34.6 Å². The zero-order valence-corrected chi connectivity index (χ0v) is 14.7. The number of ether oxygens (including phenoxy) is 2. The first-order chi connectivity index (χ1) is 11.0. The third-order valence-electron chi connectivity index (χ3n) is 4.09. The molecule has 0 aliphatic carbocycles. The first-order valence-electron chi connectivity index (χ1n) is 7.64. The Bertz CT molecular complexity index is 740. The Balaban J connectivity index is 2.70. The number of rotatable bonds is 2. The van der Waals surface area contributed by atoms with Gasteiger partial charge in [-0.05, 0) is 46.8 Å². The quantitative estimate of drug-likeness (QED) is 0.617. The standard InChI is InChI=1S/C19H21FO4/c1-7-8-11-9-12(20)14(13(10-11)23-6)15-16(21)18(2,3)24-19(4,5)17(15)22/h9-10,15H,1-6H3. The molecule has 1 heterocycles. The van der Waals surface area contributed by atoms with Gasteiger partial charge in [0.2, 0.25) is 0 Å². The van der Waals surface area contributed by atoms with E-state index in [-0.39, 0.29) is 11.3 Å². The highest BCUT2D eigenvalue weighted by molar-refractivity contribution is 6.15. The lowest BCUT2D eigenvalue weighted by Gasteiger charge is -2.42. The Labute approximate surface area is 141 Å². The fraction of sp³-hybridized carbons (Fsp3) is 0.474. The predicted octanol–water partition coefficient (Wildman–Crippen LogP) is 3.01. The smallest absolute Gasteiger partial charge is 0.179 e. The molecule has 1 saturated heterocycles. The number of hydrogen-bond acceptors (Lipinski definition) is 4. The van der Waals surface area contributed by atoms with Crippen LogP contribution < -0.4 is 4.74 Å². The lowest BCUT2D eigenvalue weighted by atomic mass is 9.74. The number of carbonyl (C=O) groups excluding carboxylic acids is 2.